The molecule has 29 heavy (non-hydrogen) atoms. The highest BCUT2D eigenvalue weighted by atomic mass is 16.6. The van der Waals surface area contributed by atoms with Gasteiger partial charge in [0.2, 0.25) is 0 Å². The second-order valence-corrected chi connectivity index (χ2v) is 7.53. The van der Waals surface area contributed by atoms with Crippen molar-refractivity contribution in [2.24, 2.45) is 0 Å². The second-order valence-electron chi connectivity index (χ2n) is 7.53. The third kappa shape index (κ3) is 8.35. The van der Waals surface area contributed by atoms with E-state index in [1.54, 1.807) is 59.1 Å². The van der Waals surface area contributed by atoms with Gasteiger partial charge in [0.15, 0.2) is 5.54 Å². The Morgan fingerprint density at radius 2 is 1.38 bits per heavy atom. The predicted molar refractivity (Wildman–Crippen MR) is 112 cm³/mol. The van der Waals surface area contributed by atoms with Crippen LogP contribution in [0.3, 0.4) is 0 Å². The van der Waals surface area contributed by atoms with E-state index in [2.05, 4.69) is 5.32 Å². The van der Waals surface area contributed by atoms with Gasteiger partial charge in [-0.1, -0.05) is 60.7 Å². The fourth-order valence-corrected chi connectivity index (χ4v) is 2.47. The number of carbonyl (C=O) groups excluding carboxylic acids is 2. The Balaban J connectivity index is 0.000000387. The largest absolute Gasteiger partial charge is 0.467 e. The molecule has 2 aromatic rings. The van der Waals surface area contributed by atoms with E-state index in [1.807, 2.05) is 36.4 Å². The smallest absolute Gasteiger partial charge is 0.408 e. The van der Waals surface area contributed by atoms with Gasteiger partial charge in [0.1, 0.15) is 5.60 Å². The first-order valence-electron chi connectivity index (χ1n) is 9.30. The fraction of sp³-hybridized carbons (Fsp3) is 0.391. The van der Waals surface area contributed by atoms with Crippen molar-refractivity contribution in [1.29, 1.82) is 0 Å². The molecule has 0 aliphatic rings. The van der Waals surface area contributed by atoms with Crippen molar-refractivity contribution in [3.63, 3.8) is 0 Å². The zero-order valence-electron chi connectivity index (χ0n) is 18.0. The van der Waals surface area contributed by atoms with Crippen molar-refractivity contribution in [2.75, 3.05) is 14.2 Å². The Morgan fingerprint density at radius 1 is 0.862 bits per heavy atom. The summed E-state index contributed by atoms with van der Waals surface area (Å²) in [5, 5.41) is 2.58. The molecule has 158 valence electrons. The van der Waals surface area contributed by atoms with Gasteiger partial charge in [-0.3, -0.25) is 0 Å². The summed E-state index contributed by atoms with van der Waals surface area (Å²) in [5.74, 6) is -0.561. The molecule has 1 N–H and O–H groups in total. The summed E-state index contributed by atoms with van der Waals surface area (Å²) in [6, 6.07) is 19.0. The number of amides is 1. The molecule has 2 aromatic carbocycles. The van der Waals surface area contributed by atoms with Gasteiger partial charge in [-0.15, -0.1) is 0 Å². The number of esters is 1. The number of nitrogens with one attached hydrogen (secondary N) is 1. The highest BCUT2D eigenvalue weighted by Gasteiger charge is 2.39. The average molecular weight is 402 g/mol. The van der Waals surface area contributed by atoms with E-state index in [1.165, 1.54) is 12.7 Å². The molecule has 0 fully saturated rings. The normalized spacial score (nSPS) is 12.6. The molecule has 0 aliphatic heterocycles. The highest BCUT2D eigenvalue weighted by Crippen LogP contribution is 2.23. The van der Waals surface area contributed by atoms with E-state index in [4.69, 9.17) is 14.2 Å². The van der Waals surface area contributed by atoms with Crippen LogP contribution in [0.25, 0.3) is 0 Å². The maximum atomic E-state index is 12.0. The summed E-state index contributed by atoms with van der Waals surface area (Å²) in [7, 11) is 2.98. The molecule has 0 radical (unpaired) electrons. The van der Waals surface area contributed by atoms with E-state index in [0.717, 1.165) is 0 Å². The Labute approximate surface area is 173 Å². The van der Waals surface area contributed by atoms with Crippen LogP contribution in [-0.4, -0.2) is 31.9 Å². The molecule has 6 heteroatoms. The van der Waals surface area contributed by atoms with Crippen LogP contribution < -0.4 is 5.32 Å². The van der Waals surface area contributed by atoms with Gasteiger partial charge in [-0.25, -0.2) is 9.59 Å². The molecule has 0 bridgehead atoms. The van der Waals surface area contributed by atoms with Crippen molar-refractivity contribution in [3.8, 4) is 0 Å². The molecular formula is C23H31NO5. The molecule has 0 saturated carbocycles. The first kappa shape index (κ1) is 24.2. The van der Waals surface area contributed by atoms with Crippen LogP contribution in [0.2, 0.25) is 0 Å². The monoisotopic (exact) mass is 401 g/mol. The van der Waals surface area contributed by atoms with E-state index >= 15 is 0 Å². The molecule has 1 unspecified atom stereocenters. The van der Waals surface area contributed by atoms with Crippen LogP contribution in [0.4, 0.5) is 4.79 Å². The Bertz CT molecular complexity index is 756. The number of hydrogen-bond donors (Lipinski definition) is 1. The van der Waals surface area contributed by atoms with Crippen LogP contribution >= 0.6 is 0 Å². The molecule has 2 rings (SSSR count). The number of hydrogen-bond acceptors (Lipinski definition) is 5. The van der Waals surface area contributed by atoms with E-state index in [0.29, 0.717) is 12.2 Å². The van der Waals surface area contributed by atoms with Crippen LogP contribution in [0.5, 0.6) is 0 Å². The van der Waals surface area contributed by atoms with Crippen molar-refractivity contribution in [1.82, 2.24) is 5.32 Å². The quantitative estimate of drug-likeness (QED) is 0.750. The standard InChI is InChI=1S/C15H21NO4.C8H10O/c1-14(2,3)20-13(18)16-15(4,12(17)19-5)11-9-7-6-8-10-11;1-9-7-8-5-3-2-4-6-8/h6-10H,1-5H3,(H,16,18);2-6H,7H2,1H3. The first-order valence-corrected chi connectivity index (χ1v) is 9.30. The summed E-state index contributed by atoms with van der Waals surface area (Å²) in [5.41, 5.74) is -0.0893. The number of benzene rings is 2. The number of ether oxygens (including phenoxy) is 3. The Morgan fingerprint density at radius 3 is 1.83 bits per heavy atom. The Hall–Kier alpha value is -2.86. The minimum absolute atomic E-state index is 0.561. The van der Waals surface area contributed by atoms with Gasteiger partial charge < -0.3 is 19.5 Å². The highest BCUT2D eigenvalue weighted by molar-refractivity contribution is 5.86. The minimum Gasteiger partial charge on any atom is -0.467 e. The SMILES string of the molecule is COC(=O)C(C)(NC(=O)OC(C)(C)C)c1ccccc1.COCc1ccccc1. The topological polar surface area (TPSA) is 73.9 Å². The number of alkyl carbamates (subject to hydrolysis) is 1. The molecule has 1 atom stereocenters. The number of methoxy groups -OCH3 is 2. The zero-order chi connectivity index (χ0) is 21.9. The maximum absolute atomic E-state index is 12.0. The third-order valence-electron chi connectivity index (χ3n) is 3.85. The van der Waals surface area contributed by atoms with Gasteiger partial charge in [0.25, 0.3) is 0 Å². The van der Waals surface area contributed by atoms with E-state index in [9.17, 15) is 9.59 Å². The van der Waals surface area contributed by atoms with Crippen molar-refractivity contribution in [3.05, 3.63) is 71.8 Å². The third-order valence-corrected chi connectivity index (χ3v) is 3.85. The first-order chi connectivity index (χ1) is 13.6. The zero-order valence-corrected chi connectivity index (χ0v) is 18.0. The predicted octanol–water partition coefficient (Wildman–Crippen LogP) is 4.43. The summed E-state index contributed by atoms with van der Waals surface area (Å²) in [6.07, 6.45) is -0.672. The maximum Gasteiger partial charge on any atom is 0.408 e. The van der Waals surface area contributed by atoms with Gasteiger partial charge in [0.05, 0.1) is 13.7 Å². The fourth-order valence-electron chi connectivity index (χ4n) is 2.47. The second kappa shape index (κ2) is 11.2. The van der Waals surface area contributed by atoms with E-state index < -0.39 is 23.2 Å². The van der Waals surface area contributed by atoms with Crippen LogP contribution in [0.15, 0.2) is 60.7 Å². The number of rotatable bonds is 5. The lowest BCUT2D eigenvalue weighted by atomic mass is 9.92. The minimum atomic E-state index is -1.29. The van der Waals surface area contributed by atoms with Crippen molar-refractivity contribution >= 4 is 12.1 Å². The Kier molecular flexibility index (Phi) is 9.35. The van der Waals surface area contributed by atoms with Gasteiger partial charge in [-0.05, 0) is 38.8 Å². The average Bonchev–Trinajstić information content (AvgIpc) is 2.68. The molecule has 6 nitrogen and oxygen atoms in total. The molecular weight excluding hydrogens is 370 g/mol. The van der Waals surface area contributed by atoms with Gasteiger partial charge in [0, 0.05) is 7.11 Å². The van der Waals surface area contributed by atoms with Crippen LogP contribution in [0, 0.1) is 0 Å². The van der Waals surface area contributed by atoms with Crippen LogP contribution in [0.1, 0.15) is 38.8 Å². The lowest BCUT2D eigenvalue weighted by Gasteiger charge is -2.30. The lowest BCUT2D eigenvalue weighted by molar-refractivity contribution is -0.148. The molecule has 1 amide bonds. The molecule has 0 spiro atoms. The number of carbonyl (C=O) groups is 2. The molecule has 0 aliphatic carbocycles. The lowest BCUT2D eigenvalue weighted by Crippen LogP contribution is -2.51. The van der Waals surface area contributed by atoms with Gasteiger partial charge in [-0.2, -0.15) is 0 Å². The van der Waals surface area contributed by atoms with Crippen LogP contribution in [-0.2, 0) is 31.2 Å². The summed E-state index contributed by atoms with van der Waals surface area (Å²) in [4.78, 5) is 24.0. The molecule has 0 aromatic heterocycles. The summed E-state index contributed by atoms with van der Waals surface area (Å²) >= 11 is 0. The van der Waals surface area contributed by atoms with Gasteiger partial charge >= 0.3 is 12.1 Å². The van der Waals surface area contributed by atoms with E-state index in [-0.39, 0.29) is 0 Å². The summed E-state index contributed by atoms with van der Waals surface area (Å²) < 4.78 is 14.9. The molecule has 0 heterocycles. The molecule has 0 saturated heterocycles. The summed E-state index contributed by atoms with van der Waals surface area (Å²) in [6.45, 7) is 7.55. The van der Waals surface area contributed by atoms with Crippen molar-refractivity contribution in [2.45, 2.75) is 45.4 Å². The van der Waals surface area contributed by atoms with Crippen molar-refractivity contribution < 1.29 is 23.8 Å².